The molecule has 4 nitrogen and oxygen atoms in total. The maximum atomic E-state index is 12.7. The molecule has 0 unspecified atom stereocenters. The first-order valence-corrected chi connectivity index (χ1v) is 8.09. The lowest BCUT2D eigenvalue weighted by Crippen LogP contribution is -2.24. The van der Waals surface area contributed by atoms with E-state index in [1.54, 1.807) is 6.07 Å². The second-order valence-electron chi connectivity index (χ2n) is 5.86. The molecule has 4 heteroatoms. The molecule has 0 N–H and O–H groups in total. The highest BCUT2D eigenvalue weighted by atomic mass is 16.5. The molecular weight excluding hydrogens is 288 g/mol. The topological polar surface area (TPSA) is 55.0 Å². The lowest BCUT2D eigenvalue weighted by molar-refractivity contribution is 0.317. The molecule has 23 heavy (non-hydrogen) atoms. The van der Waals surface area contributed by atoms with Gasteiger partial charge in [0, 0.05) is 17.2 Å². The van der Waals surface area contributed by atoms with Gasteiger partial charge in [0.05, 0.1) is 24.8 Å². The minimum absolute atomic E-state index is 0.0357. The average molecular weight is 308 g/mol. The molecule has 3 rings (SSSR count). The van der Waals surface area contributed by atoms with Gasteiger partial charge in [0.2, 0.25) is 0 Å². The fraction of sp³-hybridized carbons (Fsp3) is 0.368. The van der Waals surface area contributed by atoms with E-state index in [9.17, 15) is 4.79 Å². The molecule has 0 saturated heterocycles. The van der Waals surface area contributed by atoms with E-state index in [0.717, 1.165) is 36.3 Å². The van der Waals surface area contributed by atoms with E-state index in [1.807, 2.05) is 34.9 Å². The van der Waals surface area contributed by atoms with Gasteiger partial charge in [-0.05, 0) is 37.5 Å². The van der Waals surface area contributed by atoms with Crippen LogP contribution in [0.15, 0.2) is 41.2 Å². The first-order valence-electron chi connectivity index (χ1n) is 8.09. The third-order valence-corrected chi connectivity index (χ3v) is 3.98. The van der Waals surface area contributed by atoms with Crippen LogP contribution in [-0.2, 0) is 6.42 Å². The molecule has 1 fully saturated rings. The van der Waals surface area contributed by atoms with Crippen molar-refractivity contribution in [1.82, 2.24) is 4.57 Å². The minimum Gasteiger partial charge on any atom is -0.494 e. The number of hydrogen-bond acceptors (Lipinski definition) is 3. The fourth-order valence-electron chi connectivity index (χ4n) is 2.71. The summed E-state index contributed by atoms with van der Waals surface area (Å²) < 4.78 is 7.55. The Morgan fingerprint density at radius 2 is 2.13 bits per heavy atom. The summed E-state index contributed by atoms with van der Waals surface area (Å²) >= 11 is 0. The zero-order chi connectivity index (χ0) is 16.2. The molecule has 0 aliphatic heterocycles. The fourth-order valence-corrected chi connectivity index (χ4v) is 2.71. The van der Waals surface area contributed by atoms with Crippen LogP contribution in [0.25, 0.3) is 11.3 Å². The second-order valence-corrected chi connectivity index (χ2v) is 5.86. The Morgan fingerprint density at radius 1 is 1.30 bits per heavy atom. The van der Waals surface area contributed by atoms with Gasteiger partial charge in [0.1, 0.15) is 5.75 Å². The van der Waals surface area contributed by atoms with Crippen molar-refractivity contribution in [3.05, 3.63) is 52.3 Å². The molecule has 1 aromatic carbocycles. The summed E-state index contributed by atoms with van der Waals surface area (Å²) in [5.74, 6) is 0.820. The largest absolute Gasteiger partial charge is 0.494 e. The summed E-state index contributed by atoms with van der Waals surface area (Å²) in [5, 5.41) is 8.88. The quantitative estimate of drug-likeness (QED) is 0.817. The molecule has 118 valence electrons. The summed E-state index contributed by atoms with van der Waals surface area (Å²) in [4.78, 5) is 12.7. The van der Waals surface area contributed by atoms with Crippen molar-refractivity contribution in [2.75, 3.05) is 6.61 Å². The van der Waals surface area contributed by atoms with E-state index >= 15 is 0 Å². The smallest absolute Gasteiger partial charge is 0.255 e. The third-order valence-electron chi connectivity index (χ3n) is 3.98. The molecule has 0 amide bonds. The Kier molecular flexibility index (Phi) is 4.47. The van der Waals surface area contributed by atoms with Crippen molar-refractivity contribution in [3.63, 3.8) is 0 Å². The normalized spacial score (nSPS) is 13.6. The zero-order valence-corrected chi connectivity index (χ0v) is 13.3. The highest BCUT2D eigenvalue weighted by Gasteiger charge is 2.28. The SMILES string of the molecule is CCCOc1cccc(-c2ccc(CC#N)c(=O)n2C2CC2)c1. The summed E-state index contributed by atoms with van der Waals surface area (Å²) in [6.07, 6.45) is 3.16. The van der Waals surface area contributed by atoms with Gasteiger partial charge in [-0.2, -0.15) is 5.26 Å². The monoisotopic (exact) mass is 308 g/mol. The number of hydrogen-bond donors (Lipinski definition) is 0. The molecule has 1 aliphatic rings. The molecule has 0 bridgehead atoms. The average Bonchev–Trinajstić information content (AvgIpc) is 3.40. The molecule has 1 aliphatic carbocycles. The summed E-state index contributed by atoms with van der Waals surface area (Å²) in [6, 6.07) is 13.9. The van der Waals surface area contributed by atoms with Crippen molar-refractivity contribution in [2.24, 2.45) is 0 Å². The highest BCUT2D eigenvalue weighted by Crippen LogP contribution is 2.37. The van der Waals surface area contributed by atoms with Crippen LogP contribution in [0, 0.1) is 11.3 Å². The van der Waals surface area contributed by atoms with Crippen LogP contribution in [0.4, 0.5) is 0 Å². The minimum atomic E-state index is -0.0357. The Morgan fingerprint density at radius 3 is 2.83 bits per heavy atom. The van der Waals surface area contributed by atoms with Crippen molar-refractivity contribution in [1.29, 1.82) is 5.26 Å². The standard InChI is InChI=1S/C19H20N2O2/c1-2-12-23-17-5-3-4-15(13-17)18-9-6-14(10-11-20)19(22)21(18)16-7-8-16/h3-6,9,13,16H,2,7-8,10,12H2,1H3. The summed E-state index contributed by atoms with van der Waals surface area (Å²) in [6.45, 7) is 2.75. The van der Waals surface area contributed by atoms with Crippen molar-refractivity contribution in [2.45, 2.75) is 38.6 Å². The maximum absolute atomic E-state index is 12.7. The van der Waals surface area contributed by atoms with Crippen molar-refractivity contribution in [3.8, 4) is 23.1 Å². The predicted molar refractivity (Wildman–Crippen MR) is 89.5 cm³/mol. The lowest BCUT2D eigenvalue weighted by Gasteiger charge is -2.14. The molecular formula is C19H20N2O2. The number of ether oxygens (including phenoxy) is 1. The maximum Gasteiger partial charge on any atom is 0.255 e. The van der Waals surface area contributed by atoms with Gasteiger partial charge >= 0.3 is 0 Å². The number of nitriles is 1. The molecule has 0 atom stereocenters. The van der Waals surface area contributed by atoms with Crippen molar-refractivity contribution >= 4 is 0 Å². The van der Waals surface area contributed by atoms with Crippen LogP contribution in [-0.4, -0.2) is 11.2 Å². The Bertz CT molecular complexity index is 798. The molecule has 0 spiro atoms. The second kappa shape index (κ2) is 6.70. The zero-order valence-electron chi connectivity index (χ0n) is 13.3. The summed E-state index contributed by atoms with van der Waals surface area (Å²) in [7, 11) is 0. The first kappa shape index (κ1) is 15.4. The van der Waals surface area contributed by atoms with Crippen LogP contribution in [0.3, 0.4) is 0 Å². The predicted octanol–water partition coefficient (Wildman–Crippen LogP) is 3.71. The number of aromatic nitrogens is 1. The van der Waals surface area contributed by atoms with Crippen LogP contribution in [0.1, 0.15) is 37.8 Å². The van der Waals surface area contributed by atoms with Gasteiger partial charge in [-0.25, -0.2) is 0 Å². The van der Waals surface area contributed by atoms with E-state index in [0.29, 0.717) is 12.2 Å². The molecule has 1 heterocycles. The number of rotatable bonds is 6. The van der Waals surface area contributed by atoms with Crippen LogP contribution in [0.2, 0.25) is 0 Å². The van der Waals surface area contributed by atoms with E-state index in [2.05, 4.69) is 13.0 Å². The molecule has 1 saturated carbocycles. The Hall–Kier alpha value is -2.54. The van der Waals surface area contributed by atoms with E-state index in [4.69, 9.17) is 10.00 Å². The summed E-state index contributed by atoms with van der Waals surface area (Å²) in [5.41, 5.74) is 2.42. The van der Waals surface area contributed by atoms with Gasteiger partial charge in [0.25, 0.3) is 5.56 Å². The Labute approximate surface area is 135 Å². The van der Waals surface area contributed by atoms with Gasteiger partial charge < -0.3 is 9.30 Å². The highest BCUT2D eigenvalue weighted by molar-refractivity contribution is 5.62. The number of benzene rings is 1. The van der Waals surface area contributed by atoms with Gasteiger partial charge in [-0.15, -0.1) is 0 Å². The van der Waals surface area contributed by atoms with Gasteiger partial charge in [-0.1, -0.05) is 25.1 Å². The molecule has 2 aromatic rings. The first-order chi connectivity index (χ1) is 11.2. The van der Waals surface area contributed by atoms with Gasteiger partial charge in [-0.3, -0.25) is 4.79 Å². The number of pyridine rings is 1. The van der Waals surface area contributed by atoms with Gasteiger partial charge in [0.15, 0.2) is 0 Å². The van der Waals surface area contributed by atoms with E-state index < -0.39 is 0 Å². The Balaban J connectivity index is 2.04. The number of nitrogens with zero attached hydrogens (tertiary/aromatic N) is 2. The van der Waals surface area contributed by atoms with E-state index in [1.165, 1.54) is 0 Å². The molecule has 1 aromatic heterocycles. The molecule has 0 radical (unpaired) electrons. The van der Waals surface area contributed by atoms with Crippen molar-refractivity contribution < 1.29 is 4.74 Å². The van der Waals surface area contributed by atoms with E-state index in [-0.39, 0.29) is 18.0 Å². The lowest BCUT2D eigenvalue weighted by atomic mass is 10.1. The van der Waals surface area contributed by atoms with Crippen LogP contribution in [0.5, 0.6) is 5.75 Å². The van der Waals surface area contributed by atoms with Crippen LogP contribution < -0.4 is 10.3 Å². The third kappa shape index (κ3) is 3.29. The van der Waals surface area contributed by atoms with Crippen LogP contribution >= 0.6 is 0 Å².